The molecular weight excluding hydrogens is 274 g/mol. The average Bonchev–Trinajstić information content (AvgIpc) is 3.18. The van der Waals surface area contributed by atoms with Crippen LogP contribution in [0.25, 0.3) is 0 Å². The lowest BCUT2D eigenvalue weighted by Gasteiger charge is -2.28. The lowest BCUT2D eigenvalue weighted by molar-refractivity contribution is 0.0918. The highest BCUT2D eigenvalue weighted by Crippen LogP contribution is 2.33. The minimum atomic E-state index is -0.987. The first-order valence-electron chi connectivity index (χ1n) is 7.34. The van der Waals surface area contributed by atoms with Crippen molar-refractivity contribution in [2.45, 2.75) is 56.7 Å². The van der Waals surface area contributed by atoms with Gasteiger partial charge in [-0.1, -0.05) is 5.21 Å². The molecule has 3 N–H and O–H groups in total. The Labute approximate surface area is 121 Å². The first kappa shape index (κ1) is 13.8. The summed E-state index contributed by atoms with van der Waals surface area (Å²) in [6.45, 7) is 0. The number of carbonyl (C=O) groups is 2. The summed E-state index contributed by atoms with van der Waals surface area (Å²) in [5.74, 6) is -0.198. The van der Waals surface area contributed by atoms with E-state index in [2.05, 4.69) is 20.9 Å². The van der Waals surface area contributed by atoms with Gasteiger partial charge in [0.2, 0.25) is 0 Å². The number of carbonyl (C=O) groups excluding carboxylic acids is 1. The fourth-order valence-corrected chi connectivity index (χ4v) is 2.71. The number of carboxylic acid groups (broad SMARTS) is 1. The monoisotopic (exact) mass is 293 g/mol. The Morgan fingerprint density at radius 2 is 1.71 bits per heavy atom. The van der Waals surface area contributed by atoms with Crippen molar-refractivity contribution >= 4 is 12.0 Å². The van der Waals surface area contributed by atoms with Gasteiger partial charge in [0.15, 0.2) is 5.69 Å². The Balaban J connectivity index is 1.47. The Hall–Kier alpha value is -2.12. The molecule has 0 spiro atoms. The first-order chi connectivity index (χ1) is 10.1. The highest BCUT2D eigenvalue weighted by atomic mass is 16.4. The van der Waals surface area contributed by atoms with Gasteiger partial charge < -0.3 is 15.7 Å². The zero-order chi connectivity index (χ0) is 14.8. The van der Waals surface area contributed by atoms with E-state index >= 15 is 0 Å². The first-order valence-corrected chi connectivity index (χ1v) is 7.34. The van der Waals surface area contributed by atoms with Crippen LogP contribution in [0.1, 0.15) is 55.1 Å². The minimum absolute atomic E-state index is 0.00797. The van der Waals surface area contributed by atoms with Crippen molar-refractivity contribution in [1.29, 1.82) is 0 Å². The van der Waals surface area contributed by atoms with Crippen LogP contribution in [0.4, 0.5) is 4.79 Å². The standard InChI is InChI=1S/C13H19N5O3/c19-12(11-7-18(17-16-11)10-5-6-10)14-8-1-3-9(4-2-8)15-13(20)21/h7-10,15H,1-6H2,(H,14,19)(H,20,21)/t8-,9-. The molecule has 0 bridgehead atoms. The van der Waals surface area contributed by atoms with E-state index in [0.717, 1.165) is 38.5 Å². The zero-order valence-electron chi connectivity index (χ0n) is 11.7. The van der Waals surface area contributed by atoms with E-state index in [1.54, 1.807) is 10.9 Å². The molecule has 114 valence electrons. The van der Waals surface area contributed by atoms with Crippen LogP contribution in [0.2, 0.25) is 0 Å². The Morgan fingerprint density at radius 3 is 2.29 bits per heavy atom. The molecule has 0 radical (unpaired) electrons. The predicted molar refractivity (Wildman–Crippen MR) is 73.0 cm³/mol. The van der Waals surface area contributed by atoms with Gasteiger partial charge in [0.25, 0.3) is 5.91 Å². The van der Waals surface area contributed by atoms with Gasteiger partial charge in [0.1, 0.15) is 0 Å². The molecule has 2 aliphatic carbocycles. The largest absolute Gasteiger partial charge is 0.465 e. The van der Waals surface area contributed by atoms with Crippen molar-refractivity contribution in [3.8, 4) is 0 Å². The molecule has 2 fully saturated rings. The van der Waals surface area contributed by atoms with Crippen molar-refractivity contribution in [2.75, 3.05) is 0 Å². The van der Waals surface area contributed by atoms with Crippen LogP contribution in [0.5, 0.6) is 0 Å². The number of aromatic nitrogens is 3. The molecule has 2 aliphatic rings. The highest BCUT2D eigenvalue weighted by Gasteiger charge is 2.27. The molecule has 8 nitrogen and oxygen atoms in total. The van der Waals surface area contributed by atoms with Crippen molar-refractivity contribution in [1.82, 2.24) is 25.6 Å². The third-order valence-electron chi connectivity index (χ3n) is 4.05. The third-order valence-corrected chi connectivity index (χ3v) is 4.05. The Kier molecular flexibility index (Phi) is 3.76. The molecule has 0 aliphatic heterocycles. The number of rotatable bonds is 4. The van der Waals surface area contributed by atoms with Crippen molar-refractivity contribution < 1.29 is 14.7 Å². The number of hydrogen-bond donors (Lipinski definition) is 3. The number of amides is 2. The number of nitrogens with zero attached hydrogens (tertiary/aromatic N) is 3. The average molecular weight is 293 g/mol. The normalized spacial score (nSPS) is 25.3. The molecule has 0 aromatic carbocycles. The van der Waals surface area contributed by atoms with Gasteiger partial charge in [-0.25, -0.2) is 9.48 Å². The molecule has 0 unspecified atom stereocenters. The predicted octanol–water partition coefficient (Wildman–Crippen LogP) is 0.922. The van der Waals surface area contributed by atoms with Crippen LogP contribution >= 0.6 is 0 Å². The van der Waals surface area contributed by atoms with Gasteiger partial charge in [-0.05, 0) is 38.5 Å². The molecule has 0 atom stereocenters. The highest BCUT2D eigenvalue weighted by molar-refractivity contribution is 5.92. The lowest BCUT2D eigenvalue weighted by atomic mass is 9.91. The van der Waals surface area contributed by atoms with Crippen molar-refractivity contribution in [3.05, 3.63) is 11.9 Å². The van der Waals surface area contributed by atoms with Crippen molar-refractivity contribution in [2.24, 2.45) is 0 Å². The fraction of sp³-hybridized carbons (Fsp3) is 0.692. The van der Waals surface area contributed by atoms with Gasteiger partial charge >= 0.3 is 6.09 Å². The van der Waals surface area contributed by atoms with E-state index in [9.17, 15) is 9.59 Å². The van der Waals surface area contributed by atoms with Gasteiger partial charge in [-0.3, -0.25) is 4.79 Å². The Bertz CT molecular complexity index is 532. The van der Waals surface area contributed by atoms with Gasteiger partial charge in [-0.2, -0.15) is 0 Å². The second-order valence-electron chi connectivity index (χ2n) is 5.79. The molecule has 1 heterocycles. The van der Waals surface area contributed by atoms with E-state index in [1.807, 2.05) is 0 Å². The molecule has 1 aromatic heterocycles. The summed E-state index contributed by atoms with van der Waals surface area (Å²) >= 11 is 0. The quantitative estimate of drug-likeness (QED) is 0.765. The molecule has 3 rings (SSSR count). The molecule has 2 saturated carbocycles. The van der Waals surface area contributed by atoms with E-state index in [1.165, 1.54) is 0 Å². The van der Waals surface area contributed by atoms with E-state index in [0.29, 0.717) is 11.7 Å². The van der Waals surface area contributed by atoms with Crippen molar-refractivity contribution in [3.63, 3.8) is 0 Å². The van der Waals surface area contributed by atoms with E-state index < -0.39 is 6.09 Å². The summed E-state index contributed by atoms with van der Waals surface area (Å²) < 4.78 is 1.75. The summed E-state index contributed by atoms with van der Waals surface area (Å²) in [6, 6.07) is 0.485. The van der Waals surface area contributed by atoms with Gasteiger partial charge in [-0.15, -0.1) is 5.10 Å². The second kappa shape index (κ2) is 5.71. The fourth-order valence-electron chi connectivity index (χ4n) is 2.71. The van der Waals surface area contributed by atoms with Gasteiger partial charge in [0.05, 0.1) is 12.2 Å². The number of hydrogen-bond acceptors (Lipinski definition) is 4. The smallest absolute Gasteiger partial charge is 0.404 e. The topological polar surface area (TPSA) is 109 Å². The van der Waals surface area contributed by atoms with Crippen LogP contribution in [0.15, 0.2) is 6.20 Å². The summed E-state index contributed by atoms with van der Waals surface area (Å²) in [7, 11) is 0. The molecule has 21 heavy (non-hydrogen) atoms. The lowest BCUT2D eigenvalue weighted by Crippen LogP contribution is -2.43. The molecular formula is C13H19N5O3. The second-order valence-corrected chi connectivity index (χ2v) is 5.79. The summed E-state index contributed by atoms with van der Waals surface area (Å²) in [4.78, 5) is 22.7. The summed E-state index contributed by atoms with van der Waals surface area (Å²) in [5.41, 5.74) is 0.354. The Morgan fingerprint density at radius 1 is 1.10 bits per heavy atom. The maximum Gasteiger partial charge on any atom is 0.404 e. The molecule has 2 amide bonds. The number of nitrogens with one attached hydrogen (secondary N) is 2. The summed E-state index contributed by atoms with van der Waals surface area (Å²) in [6.07, 6.45) is 5.94. The van der Waals surface area contributed by atoms with Crippen LogP contribution in [-0.4, -0.2) is 44.2 Å². The molecule has 0 saturated heterocycles. The van der Waals surface area contributed by atoms with Crippen LogP contribution in [0, 0.1) is 0 Å². The maximum absolute atomic E-state index is 12.1. The van der Waals surface area contributed by atoms with E-state index in [-0.39, 0.29) is 18.0 Å². The maximum atomic E-state index is 12.1. The van der Waals surface area contributed by atoms with Gasteiger partial charge in [0, 0.05) is 12.1 Å². The minimum Gasteiger partial charge on any atom is -0.465 e. The molecule has 8 heteroatoms. The molecule has 1 aromatic rings. The third kappa shape index (κ3) is 3.50. The van der Waals surface area contributed by atoms with Crippen LogP contribution in [-0.2, 0) is 0 Å². The zero-order valence-corrected chi connectivity index (χ0v) is 11.7. The van der Waals surface area contributed by atoms with Crippen LogP contribution < -0.4 is 10.6 Å². The SMILES string of the molecule is O=C(O)N[C@H]1CC[C@H](NC(=O)c2cn(C3CC3)nn2)CC1. The van der Waals surface area contributed by atoms with E-state index in [4.69, 9.17) is 5.11 Å². The van der Waals surface area contributed by atoms with Crippen LogP contribution in [0.3, 0.4) is 0 Å². The summed E-state index contributed by atoms with van der Waals surface area (Å²) in [5, 5.41) is 22.0.